The molecule has 0 bridgehead atoms. The number of aromatic amines is 2. The fourth-order valence-electron chi connectivity index (χ4n) is 3.69. The molecular weight excluding hydrogens is 430 g/mol. The van der Waals surface area contributed by atoms with E-state index >= 15 is 0 Å². The Kier molecular flexibility index (Phi) is 5.98. The number of hydrogen-bond acceptors (Lipinski definition) is 5. The van der Waals surface area contributed by atoms with Gasteiger partial charge in [0, 0.05) is 41.7 Å². The zero-order chi connectivity index (χ0) is 24.5. The topological polar surface area (TPSA) is 113 Å². The number of imidazole rings is 1. The number of carbonyl (C=O) groups excluding carboxylic acids is 1. The van der Waals surface area contributed by atoms with Crippen LogP contribution in [0.3, 0.4) is 0 Å². The minimum Gasteiger partial charge on any atom is -0.348 e. The maximum absolute atomic E-state index is 13.0. The quantitative estimate of drug-likeness (QED) is 0.452. The third kappa shape index (κ3) is 4.56. The average Bonchev–Trinajstić information content (AvgIpc) is 3.29. The van der Waals surface area contributed by atoms with Crippen LogP contribution in [0.2, 0.25) is 0 Å². The van der Waals surface area contributed by atoms with E-state index in [9.17, 15) is 14.4 Å². The van der Waals surface area contributed by atoms with Crippen molar-refractivity contribution < 1.29 is 4.79 Å². The molecule has 0 aliphatic rings. The summed E-state index contributed by atoms with van der Waals surface area (Å²) < 4.78 is 1.30. The van der Waals surface area contributed by atoms with Gasteiger partial charge in [-0.2, -0.15) is 0 Å². The van der Waals surface area contributed by atoms with Crippen molar-refractivity contribution in [1.82, 2.24) is 24.5 Å². The normalized spacial score (nSPS) is 12.8. The van der Waals surface area contributed by atoms with Crippen LogP contribution in [-0.4, -0.2) is 30.3 Å². The highest BCUT2D eigenvalue weighted by Crippen LogP contribution is 2.22. The van der Waals surface area contributed by atoms with Crippen LogP contribution < -0.4 is 21.8 Å². The number of nitrogens with zero attached hydrogens (tertiary/aromatic N) is 3. The van der Waals surface area contributed by atoms with E-state index in [0.717, 1.165) is 5.69 Å². The van der Waals surface area contributed by atoms with E-state index in [0.29, 0.717) is 22.4 Å². The molecule has 0 aliphatic carbocycles. The first-order chi connectivity index (χ1) is 16.1. The van der Waals surface area contributed by atoms with E-state index in [1.165, 1.54) is 10.8 Å². The maximum Gasteiger partial charge on any atom is 0.274 e. The zero-order valence-electron chi connectivity index (χ0n) is 19.4. The van der Waals surface area contributed by atoms with Crippen molar-refractivity contribution in [3.63, 3.8) is 0 Å². The summed E-state index contributed by atoms with van der Waals surface area (Å²) in [6, 6.07) is 10.3. The number of rotatable bonds is 4. The number of ketones is 1. The Bertz CT molecular complexity index is 1600. The van der Waals surface area contributed by atoms with E-state index in [-0.39, 0.29) is 27.5 Å². The van der Waals surface area contributed by atoms with Gasteiger partial charge >= 0.3 is 0 Å². The van der Waals surface area contributed by atoms with E-state index in [1.54, 1.807) is 68.1 Å². The Morgan fingerprint density at radius 2 is 1.82 bits per heavy atom. The van der Waals surface area contributed by atoms with Crippen molar-refractivity contribution >= 4 is 17.9 Å². The Morgan fingerprint density at radius 1 is 1.06 bits per heavy atom. The standard InChI is InChI=1S/C26H25N5O3/c1-26(2,3)23-19(28-15-29-23)13-20-25(34)31(4)21(24(33)30-20)12-16-7-5-8-17(11-16)22(32)18-9-6-10-27-14-18/h5-15H,1-4H3,(H,28,29)(H,30,33)/b20-13-,21-12-. The molecule has 8 heteroatoms. The maximum atomic E-state index is 13.0. The van der Waals surface area contributed by atoms with Crippen molar-refractivity contribution in [3.8, 4) is 0 Å². The van der Waals surface area contributed by atoms with Crippen molar-refractivity contribution in [2.24, 2.45) is 7.05 Å². The first-order valence-electron chi connectivity index (χ1n) is 10.8. The summed E-state index contributed by atoms with van der Waals surface area (Å²) in [6.45, 7) is 6.10. The van der Waals surface area contributed by atoms with Gasteiger partial charge < -0.3 is 14.5 Å². The minimum absolute atomic E-state index is 0.141. The van der Waals surface area contributed by atoms with Gasteiger partial charge in [0.1, 0.15) is 10.7 Å². The molecule has 0 fully saturated rings. The van der Waals surface area contributed by atoms with Gasteiger partial charge in [-0.3, -0.25) is 19.4 Å². The summed E-state index contributed by atoms with van der Waals surface area (Å²) in [5.41, 5.74) is 2.01. The molecule has 0 unspecified atom stereocenters. The highest BCUT2D eigenvalue weighted by atomic mass is 16.1. The third-order valence-corrected chi connectivity index (χ3v) is 5.45. The van der Waals surface area contributed by atoms with Gasteiger partial charge in [-0.05, 0) is 35.9 Å². The Hall–Kier alpha value is -4.33. The molecule has 0 saturated heterocycles. The van der Waals surface area contributed by atoms with Crippen LogP contribution in [-0.2, 0) is 12.5 Å². The van der Waals surface area contributed by atoms with Crippen molar-refractivity contribution in [2.75, 3.05) is 0 Å². The number of aromatic nitrogens is 5. The van der Waals surface area contributed by atoms with Crippen LogP contribution in [0, 0.1) is 0 Å². The van der Waals surface area contributed by atoms with E-state index in [4.69, 9.17) is 0 Å². The number of hydrogen-bond donors (Lipinski definition) is 2. The second kappa shape index (κ2) is 8.90. The molecule has 4 rings (SSSR count). The summed E-state index contributed by atoms with van der Waals surface area (Å²) in [7, 11) is 1.54. The molecule has 172 valence electrons. The van der Waals surface area contributed by atoms with Gasteiger partial charge in [-0.15, -0.1) is 0 Å². The van der Waals surface area contributed by atoms with Gasteiger partial charge in [0.2, 0.25) is 0 Å². The predicted molar refractivity (Wildman–Crippen MR) is 130 cm³/mol. The van der Waals surface area contributed by atoms with Crippen molar-refractivity contribution in [1.29, 1.82) is 0 Å². The third-order valence-electron chi connectivity index (χ3n) is 5.45. The van der Waals surface area contributed by atoms with Gasteiger partial charge in [-0.25, -0.2) is 4.98 Å². The lowest BCUT2D eigenvalue weighted by molar-refractivity contribution is 0.103. The molecule has 0 spiro atoms. The van der Waals surface area contributed by atoms with Crippen molar-refractivity contribution in [3.05, 3.63) is 115 Å². The average molecular weight is 456 g/mol. The van der Waals surface area contributed by atoms with E-state index in [2.05, 4.69) is 19.9 Å². The predicted octanol–water partition coefficient (Wildman–Crippen LogP) is 1.38. The molecular formula is C26H25N5O3. The van der Waals surface area contributed by atoms with Gasteiger partial charge in [0.25, 0.3) is 11.1 Å². The molecule has 0 saturated carbocycles. The van der Waals surface area contributed by atoms with Crippen LogP contribution in [0.4, 0.5) is 0 Å². The molecule has 0 aliphatic heterocycles. The summed E-state index contributed by atoms with van der Waals surface area (Å²) in [6.07, 6.45) is 7.84. The molecule has 3 heterocycles. The molecule has 8 nitrogen and oxygen atoms in total. The molecule has 1 aromatic carbocycles. The molecule has 0 atom stereocenters. The van der Waals surface area contributed by atoms with Crippen LogP contribution in [0.25, 0.3) is 12.2 Å². The van der Waals surface area contributed by atoms with Gasteiger partial charge in [0.15, 0.2) is 5.78 Å². The highest BCUT2D eigenvalue weighted by Gasteiger charge is 2.19. The molecule has 0 amide bonds. The first-order valence-corrected chi connectivity index (χ1v) is 10.8. The number of H-pyrrole nitrogens is 2. The van der Waals surface area contributed by atoms with Crippen LogP contribution in [0.5, 0.6) is 0 Å². The number of carbonyl (C=O) groups is 1. The SMILES string of the molecule is Cn1c(=O)/c(=C/c2nc[nH]c2C(C)(C)C)[nH]c(=O)/c1=C/c1cccc(C(=O)c2cccnc2)c1. The van der Waals surface area contributed by atoms with E-state index < -0.39 is 5.56 Å². The number of pyridine rings is 1. The largest absolute Gasteiger partial charge is 0.348 e. The second-order valence-electron chi connectivity index (χ2n) is 9.01. The van der Waals surface area contributed by atoms with Crippen LogP contribution >= 0.6 is 0 Å². The first kappa shape index (κ1) is 22.8. The molecule has 0 radical (unpaired) electrons. The fourth-order valence-corrected chi connectivity index (χ4v) is 3.69. The fraction of sp³-hybridized carbons (Fsp3) is 0.192. The van der Waals surface area contributed by atoms with Crippen LogP contribution in [0.15, 0.2) is 64.7 Å². The number of benzene rings is 1. The van der Waals surface area contributed by atoms with Gasteiger partial charge in [0.05, 0.1) is 12.0 Å². The molecule has 2 N–H and O–H groups in total. The summed E-state index contributed by atoms with van der Waals surface area (Å²) in [5, 5.41) is 0.314. The van der Waals surface area contributed by atoms with Gasteiger partial charge in [-0.1, -0.05) is 39.0 Å². The Labute approximate surface area is 195 Å². The lowest BCUT2D eigenvalue weighted by Gasteiger charge is -2.16. The summed E-state index contributed by atoms with van der Waals surface area (Å²) >= 11 is 0. The number of nitrogens with one attached hydrogen (secondary N) is 2. The van der Waals surface area contributed by atoms with Crippen molar-refractivity contribution in [2.45, 2.75) is 26.2 Å². The lowest BCUT2D eigenvalue weighted by Crippen LogP contribution is -2.52. The Balaban J connectivity index is 1.80. The Morgan fingerprint density at radius 3 is 2.53 bits per heavy atom. The highest BCUT2D eigenvalue weighted by molar-refractivity contribution is 6.09. The lowest BCUT2D eigenvalue weighted by atomic mass is 9.90. The summed E-state index contributed by atoms with van der Waals surface area (Å²) in [5.74, 6) is -0.176. The smallest absolute Gasteiger partial charge is 0.274 e. The minimum atomic E-state index is -0.426. The zero-order valence-corrected chi connectivity index (χ0v) is 19.4. The molecule has 4 aromatic rings. The second-order valence-corrected chi connectivity index (χ2v) is 9.01. The molecule has 34 heavy (non-hydrogen) atoms. The summed E-state index contributed by atoms with van der Waals surface area (Å²) in [4.78, 5) is 52.7. The molecule has 3 aromatic heterocycles. The van der Waals surface area contributed by atoms with Crippen LogP contribution in [0.1, 0.15) is 53.6 Å². The monoisotopic (exact) mass is 455 g/mol. The van der Waals surface area contributed by atoms with E-state index in [1.807, 2.05) is 20.8 Å².